The predicted molar refractivity (Wildman–Crippen MR) is 137 cm³/mol. The minimum Gasteiger partial charge on any atom is -0.462 e. The van der Waals surface area contributed by atoms with Crippen molar-refractivity contribution in [3.05, 3.63) is 12.2 Å². The van der Waals surface area contributed by atoms with Gasteiger partial charge in [-0.05, 0) is 60.5 Å². The van der Waals surface area contributed by atoms with Crippen molar-refractivity contribution in [1.29, 1.82) is 0 Å². The summed E-state index contributed by atoms with van der Waals surface area (Å²) in [6.07, 6.45) is -2.35. The Hall–Kier alpha value is -2.46. The summed E-state index contributed by atoms with van der Waals surface area (Å²) in [6, 6.07) is 0. The van der Waals surface area contributed by atoms with Gasteiger partial charge in [0, 0.05) is 26.7 Å². The van der Waals surface area contributed by atoms with Gasteiger partial charge in [0.25, 0.3) is 0 Å². The summed E-state index contributed by atoms with van der Waals surface area (Å²) in [5.41, 5.74) is -1.94. The van der Waals surface area contributed by atoms with Crippen LogP contribution in [-0.2, 0) is 47.6 Å². The van der Waals surface area contributed by atoms with E-state index in [0.717, 1.165) is 0 Å². The minimum atomic E-state index is -1.09. The fraction of sp³-hybridized carbons (Fsp3) is 0.786. The largest absolute Gasteiger partial charge is 0.462 e. The smallest absolute Gasteiger partial charge is 0.311 e. The maximum absolute atomic E-state index is 12.8. The quantitative estimate of drug-likeness (QED) is 0.256. The molecule has 0 N–H and O–H groups in total. The number of rotatable bonds is 8. The number of esters is 4. The van der Waals surface area contributed by atoms with Crippen molar-refractivity contribution in [2.75, 3.05) is 13.2 Å². The van der Waals surface area contributed by atoms with Gasteiger partial charge in [0.15, 0.2) is 0 Å². The van der Waals surface area contributed by atoms with E-state index in [9.17, 15) is 19.2 Å². The molecule has 0 aliphatic carbocycles. The molecule has 6 atom stereocenters. The number of hydrogen-bond donors (Lipinski definition) is 0. The van der Waals surface area contributed by atoms with Gasteiger partial charge in [-0.25, -0.2) is 0 Å². The lowest BCUT2D eigenvalue weighted by molar-refractivity contribution is -0.306. The Balaban J connectivity index is 2.32. The molecule has 0 spiro atoms. The van der Waals surface area contributed by atoms with Crippen LogP contribution in [0.25, 0.3) is 0 Å². The Morgan fingerprint density at radius 1 is 0.895 bits per heavy atom. The lowest BCUT2D eigenvalue weighted by atomic mass is 9.78. The molecule has 0 unspecified atom stereocenters. The summed E-state index contributed by atoms with van der Waals surface area (Å²) >= 11 is 0. The first-order valence-corrected chi connectivity index (χ1v) is 13.0. The highest BCUT2D eigenvalue weighted by molar-refractivity contribution is 5.76. The molecule has 10 heteroatoms. The number of carbonyl (C=O) groups is 4. The van der Waals surface area contributed by atoms with E-state index in [-0.39, 0.29) is 19.6 Å². The van der Waals surface area contributed by atoms with E-state index in [0.29, 0.717) is 18.4 Å². The second-order valence-corrected chi connectivity index (χ2v) is 12.4. The Morgan fingerprint density at radius 2 is 1.50 bits per heavy atom. The van der Waals surface area contributed by atoms with E-state index in [1.807, 2.05) is 0 Å². The Morgan fingerprint density at radius 3 is 2.03 bits per heavy atom. The van der Waals surface area contributed by atoms with Crippen LogP contribution in [0, 0.1) is 10.8 Å². The second-order valence-electron chi connectivity index (χ2n) is 12.4. The van der Waals surface area contributed by atoms with E-state index in [1.165, 1.54) is 13.8 Å². The second kappa shape index (κ2) is 12.2. The van der Waals surface area contributed by atoms with Crippen LogP contribution in [0.3, 0.4) is 0 Å². The average molecular weight is 541 g/mol. The van der Waals surface area contributed by atoms with Gasteiger partial charge in [-0.3, -0.25) is 19.2 Å². The molecule has 0 saturated carbocycles. The zero-order valence-corrected chi connectivity index (χ0v) is 24.2. The van der Waals surface area contributed by atoms with E-state index < -0.39 is 70.8 Å². The molecule has 2 saturated heterocycles. The van der Waals surface area contributed by atoms with Gasteiger partial charge in [0.05, 0.1) is 23.0 Å². The highest BCUT2D eigenvalue weighted by Gasteiger charge is 2.57. The zero-order valence-electron chi connectivity index (χ0n) is 24.2. The third-order valence-electron chi connectivity index (χ3n) is 6.54. The summed E-state index contributed by atoms with van der Waals surface area (Å²) in [5.74, 6) is -1.74. The highest BCUT2D eigenvalue weighted by atomic mass is 16.6. The van der Waals surface area contributed by atoms with Gasteiger partial charge < -0.3 is 28.4 Å². The van der Waals surface area contributed by atoms with Gasteiger partial charge in [-0.2, -0.15) is 0 Å². The van der Waals surface area contributed by atoms with Crippen molar-refractivity contribution >= 4 is 23.9 Å². The first-order chi connectivity index (χ1) is 17.3. The number of carbonyl (C=O) groups excluding carboxylic acids is 4. The normalized spacial score (nSPS) is 29.4. The molecule has 0 aromatic carbocycles. The molecule has 0 aromatic rings. The number of fused-ring (bicyclic) bond motifs is 1. The van der Waals surface area contributed by atoms with Crippen molar-refractivity contribution in [2.24, 2.45) is 10.8 Å². The standard InChI is InChI=1S/C28H44O10/c1-16(14-33-17(2)29)11-19-12-22(35-18(3)30)28(10)23(36-19)13-20(37-25(32)27(7,8)9)21(38-28)15-34-24(31)26(4,5)6/h19-23H,1,11-15H2,2-10H3/t19-,20+,21-,22+,23-,28+/m1/s1. The van der Waals surface area contributed by atoms with E-state index in [2.05, 4.69) is 6.58 Å². The summed E-state index contributed by atoms with van der Waals surface area (Å²) in [5, 5.41) is 0. The summed E-state index contributed by atoms with van der Waals surface area (Å²) in [7, 11) is 0. The maximum atomic E-state index is 12.8. The highest BCUT2D eigenvalue weighted by Crippen LogP contribution is 2.44. The van der Waals surface area contributed by atoms with Gasteiger partial charge >= 0.3 is 23.9 Å². The van der Waals surface area contributed by atoms with Crippen LogP contribution in [0.2, 0.25) is 0 Å². The van der Waals surface area contributed by atoms with Gasteiger partial charge in [0.2, 0.25) is 0 Å². The van der Waals surface area contributed by atoms with E-state index in [4.69, 9.17) is 28.4 Å². The molecule has 2 fully saturated rings. The van der Waals surface area contributed by atoms with Gasteiger partial charge in [-0.1, -0.05) is 6.58 Å². The minimum absolute atomic E-state index is 0.0545. The Bertz CT molecular complexity index is 912. The van der Waals surface area contributed by atoms with Crippen LogP contribution >= 0.6 is 0 Å². The van der Waals surface area contributed by atoms with Crippen LogP contribution in [-0.4, -0.2) is 73.2 Å². The third kappa shape index (κ3) is 8.53. The molecule has 0 radical (unpaired) electrons. The molecule has 0 amide bonds. The van der Waals surface area contributed by atoms with Crippen LogP contribution < -0.4 is 0 Å². The van der Waals surface area contributed by atoms with Gasteiger partial charge in [0.1, 0.15) is 37.1 Å². The van der Waals surface area contributed by atoms with Gasteiger partial charge in [-0.15, -0.1) is 0 Å². The third-order valence-corrected chi connectivity index (χ3v) is 6.54. The average Bonchev–Trinajstić information content (AvgIpc) is 2.75. The van der Waals surface area contributed by atoms with Crippen LogP contribution in [0.4, 0.5) is 0 Å². The van der Waals surface area contributed by atoms with E-state index in [1.54, 1.807) is 48.5 Å². The predicted octanol–water partition coefficient (Wildman–Crippen LogP) is 3.68. The molecule has 2 heterocycles. The molecule has 2 aliphatic heterocycles. The van der Waals surface area contributed by atoms with Crippen LogP contribution in [0.15, 0.2) is 12.2 Å². The van der Waals surface area contributed by atoms with E-state index >= 15 is 0 Å². The summed E-state index contributed by atoms with van der Waals surface area (Å²) in [4.78, 5) is 48.5. The topological polar surface area (TPSA) is 124 Å². The molecule has 2 aliphatic rings. The molecular formula is C28H44O10. The molecule has 38 heavy (non-hydrogen) atoms. The van der Waals surface area contributed by atoms with Crippen molar-refractivity contribution in [2.45, 2.75) is 118 Å². The zero-order chi connectivity index (χ0) is 29.1. The van der Waals surface area contributed by atoms with Crippen molar-refractivity contribution in [3.63, 3.8) is 0 Å². The molecule has 10 nitrogen and oxygen atoms in total. The summed E-state index contributed by atoms with van der Waals surface area (Å²) in [6.45, 7) is 18.8. The first-order valence-electron chi connectivity index (χ1n) is 13.0. The van der Waals surface area contributed by atoms with Crippen molar-refractivity contribution in [3.8, 4) is 0 Å². The number of hydrogen-bond acceptors (Lipinski definition) is 10. The van der Waals surface area contributed by atoms with Crippen molar-refractivity contribution in [1.82, 2.24) is 0 Å². The van der Waals surface area contributed by atoms with Crippen molar-refractivity contribution < 1.29 is 47.6 Å². The lowest BCUT2D eigenvalue weighted by Gasteiger charge is -2.54. The number of ether oxygens (including phenoxy) is 6. The fourth-order valence-electron chi connectivity index (χ4n) is 4.34. The Labute approximate surface area is 225 Å². The lowest BCUT2D eigenvalue weighted by Crippen LogP contribution is -2.67. The fourth-order valence-corrected chi connectivity index (χ4v) is 4.34. The Kier molecular flexibility index (Phi) is 10.2. The molecule has 0 bridgehead atoms. The molecule has 2 rings (SSSR count). The maximum Gasteiger partial charge on any atom is 0.311 e. The first kappa shape index (κ1) is 31.8. The van der Waals surface area contributed by atoms with Crippen LogP contribution in [0.1, 0.15) is 81.6 Å². The van der Waals surface area contributed by atoms with Crippen LogP contribution in [0.5, 0.6) is 0 Å². The molecular weight excluding hydrogens is 496 g/mol. The summed E-state index contributed by atoms with van der Waals surface area (Å²) < 4.78 is 35.0. The monoisotopic (exact) mass is 540 g/mol. The molecule has 0 aromatic heterocycles. The molecule has 216 valence electrons. The SMILES string of the molecule is C=C(COC(C)=O)C[C@@H]1C[C@H](OC(C)=O)[C@]2(C)O[C@H](COC(=O)C(C)(C)C)[C@@H](OC(=O)C(C)(C)C)C[C@H]2O1.